The summed E-state index contributed by atoms with van der Waals surface area (Å²) in [5.74, 6) is -0.0755. The minimum Gasteiger partial charge on any atom is -0.327 e. The van der Waals surface area contributed by atoms with E-state index >= 15 is 0 Å². The summed E-state index contributed by atoms with van der Waals surface area (Å²) in [7, 11) is 0. The van der Waals surface area contributed by atoms with Gasteiger partial charge in [0, 0.05) is 15.8 Å². The molecule has 1 atom stereocenters. The quantitative estimate of drug-likeness (QED) is 0.894. The van der Waals surface area contributed by atoms with Crippen LogP contribution in [0.4, 0.5) is 5.13 Å². The first kappa shape index (κ1) is 12.8. The number of hydrogen-bond donors (Lipinski definition) is 2. The number of fused-ring (bicyclic) bond motifs is 1. The van der Waals surface area contributed by atoms with Gasteiger partial charge in [0.15, 0.2) is 5.13 Å². The minimum atomic E-state index is -0.0755. The highest BCUT2D eigenvalue weighted by molar-refractivity contribution is 7.16. The standard InChI is InChI=1S/C13H15N3OS2/c1-7-2-5-10(18-7)12(17)16-13-15-9-4-3-8(14)6-11(9)19-13/h2,5,8H,3-4,6,14H2,1H3,(H,15,16,17)/t8-/m0/s1. The predicted molar refractivity (Wildman–Crippen MR) is 79.1 cm³/mol. The third-order valence-electron chi connectivity index (χ3n) is 3.16. The number of thiazole rings is 1. The second kappa shape index (κ2) is 5.03. The molecular formula is C13H15N3OS2. The smallest absolute Gasteiger partial charge is 0.267 e. The number of nitrogens with two attached hydrogens (primary N) is 1. The Bertz CT molecular complexity index is 617. The lowest BCUT2D eigenvalue weighted by Gasteiger charge is -2.15. The Morgan fingerprint density at radius 1 is 1.47 bits per heavy atom. The Morgan fingerprint density at radius 2 is 2.32 bits per heavy atom. The first-order chi connectivity index (χ1) is 9.11. The van der Waals surface area contributed by atoms with E-state index in [1.807, 2.05) is 19.1 Å². The monoisotopic (exact) mass is 293 g/mol. The molecule has 2 aromatic heterocycles. The molecule has 0 saturated carbocycles. The highest BCUT2D eigenvalue weighted by Crippen LogP contribution is 2.29. The Balaban J connectivity index is 1.75. The number of aryl methyl sites for hydroxylation is 2. The van der Waals surface area contributed by atoms with Crippen molar-refractivity contribution in [3.63, 3.8) is 0 Å². The molecule has 0 fully saturated rings. The van der Waals surface area contributed by atoms with Crippen LogP contribution < -0.4 is 11.1 Å². The first-order valence-corrected chi connectivity index (χ1v) is 7.87. The third-order valence-corrected chi connectivity index (χ3v) is 5.20. The van der Waals surface area contributed by atoms with Crippen LogP contribution in [0.15, 0.2) is 12.1 Å². The van der Waals surface area contributed by atoms with Crippen LogP contribution in [0.3, 0.4) is 0 Å². The molecule has 1 aliphatic rings. The lowest BCUT2D eigenvalue weighted by atomic mass is 9.99. The van der Waals surface area contributed by atoms with E-state index in [4.69, 9.17) is 5.73 Å². The maximum atomic E-state index is 12.0. The number of amides is 1. The summed E-state index contributed by atoms with van der Waals surface area (Å²) >= 11 is 3.05. The fourth-order valence-corrected chi connectivity index (χ4v) is 4.03. The van der Waals surface area contributed by atoms with Crippen molar-refractivity contribution in [3.8, 4) is 0 Å². The van der Waals surface area contributed by atoms with E-state index < -0.39 is 0 Å². The van der Waals surface area contributed by atoms with E-state index in [9.17, 15) is 4.79 Å². The van der Waals surface area contributed by atoms with Crippen molar-refractivity contribution in [2.24, 2.45) is 5.73 Å². The number of hydrogen-bond acceptors (Lipinski definition) is 5. The van der Waals surface area contributed by atoms with Crippen molar-refractivity contribution in [1.29, 1.82) is 0 Å². The van der Waals surface area contributed by atoms with Crippen LogP contribution >= 0.6 is 22.7 Å². The minimum absolute atomic E-state index is 0.0755. The highest BCUT2D eigenvalue weighted by Gasteiger charge is 2.21. The Kier molecular flexibility index (Phi) is 3.38. The van der Waals surface area contributed by atoms with E-state index in [1.165, 1.54) is 16.2 Å². The molecule has 3 rings (SSSR count). The van der Waals surface area contributed by atoms with E-state index in [2.05, 4.69) is 10.3 Å². The Hall–Kier alpha value is -1.24. The fraction of sp³-hybridized carbons (Fsp3) is 0.385. The van der Waals surface area contributed by atoms with Crippen LogP contribution in [-0.4, -0.2) is 16.9 Å². The first-order valence-electron chi connectivity index (χ1n) is 6.24. The molecule has 3 N–H and O–H groups in total. The zero-order valence-corrected chi connectivity index (χ0v) is 12.2. The normalized spacial score (nSPS) is 18.1. The maximum Gasteiger partial charge on any atom is 0.267 e. The van der Waals surface area contributed by atoms with Crippen LogP contribution in [0.1, 0.15) is 31.5 Å². The van der Waals surface area contributed by atoms with Crippen molar-refractivity contribution in [2.45, 2.75) is 32.2 Å². The summed E-state index contributed by atoms with van der Waals surface area (Å²) in [6, 6.07) is 4.03. The molecule has 2 heterocycles. The maximum absolute atomic E-state index is 12.0. The molecule has 1 amide bonds. The number of aromatic nitrogens is 1. The zero-order valence-electron chi connectivity index (χ0n) is 10.6. The number of carbonyl (C=O) groups excluding carboxylic acids is 1. The van der Waals surface area contributed by atoms with Gasteiger partial charge in [0.05, 0.1) is 10.6 Å². The molecular weight excluding hydrogens is 278 g/mol. The number of rotatable bonds is 2. The van der Waals surface area contributed by atoms with E-state index in [0.717, 1.165) is 34.7 Å². The highest BCUT2D eigenvalue weighted by atomic mass is 32.1. The van der Waals surface area contributed by atoms with Gasteiger partial charge in [-0.1, -0.05) is 0 Å². The van der Waals surface area contributed by atoms with Crippen LogP contribution in [0.25, 0.3) is 0 Å². The molecule has 19 heavy (non-hydrogen) atoms. The molecule has 2 aromatic rings. The van der Waals surface area contributed by atoms with Gasteiger partial charge in [-0.25, -0.2) is 4.98 Å². The molecule has 1 aliphatic carbocycles. The summed E-state index contributed by atoms with van der Waals surface area (Å²) in [6.45, 7) is 1.99. The number of anilines is 1. The van der Waals surface area contributed by atoms with Gasteiger partial charge in [-0.2, -0.15) is 0 Å². The van der Waals surface area contributed by atoms with Crippen molar-refractivity contribution >= 4 is 33.7 Å². The van der Waals surface area contributed by atoms with Crippen LogP contribution in [0, 0.1) is 6.92 Å². The molecule has 100 valence electrons. The molecule has 0 radical (unpaired) electrons. The molecule has 0 spiro atoms. The van der Waals surface area contributed by atoms with Crippen LogP contribution in [0.2, 0.25) is 0 Å². The molecule has 6 heteroatoms. The molecule has 0 saturated heterocycles. The van der Waals surface area contributed by atoms with Crippen molar-refractivity contribution in [2.75, 3.05) is 5.32 Å². The number of thiophene rings is 1. The van der Waals surface area contributed by atoms with Gasteiger partial charge in [-0.05, 0) is 38.3 Å². The van der Waals surface area contributed by atoms with E-state index in [0.29, 0.717) is 5.13 Å². The summed E-state index contributed by atoms with van der Waals surface area (Å²) in [4.78, 5) is 19.6. The molecule has 0 bridgehead atoms. The molecule has 0 unspecified atom stereocenters. The van der Waals surface area contributed by atoms with E-state index in [-0.39, 0.29) is 11.9 Å². The zero-order chi connectivity index (χ0) is 13.4. The fourth-order valence-electron chi connectivity index (χ4n) is 2.17. The van der Waals surface area contributed by atoms with Gasteiger partial charge in [0.2, 0.25) is 0 Å². The lowest BCUT2D eigenvalue weighted by molar-refractivity contribution is 0.103. The lowest BCUT2D eigenvalue weighted by Crippen LogP contribution is -2.26. The van der Waals surface area contributed by atoms with Crippen molar-refractivity contribution < 1.29 is 4.79 Å². The molecule has 0 aromatic carbocycles. The SMILES string of the molecule is Cc1ccc(C(=O)Nc2nc3c(s2)C[C@@H](N)CC3)s1. The van der Waals surface area contributed by atoms with Gasteiger partial charge >= 0.3 is 0 Å². The molecule has 0 aliphatic heterocycles. The summed E-state index contributed by atoms with van der Waals surface area (Å²) < 4.78 is 0. The average molecular weight is 293 g/mol. The Labute approximate surface area is 119 Å². The average Bonchev–Trinajstić information content (AvgIpc) is 2.94. The van der Waals surface area contributed by atoms with Crippen LogP contribution in [0.5, 0.6) is 0 Å². The number of nitrogens with one attached hydrogen (secondary N) is 1. The van der Waals surface area contributed by atoms with Gasteiger partial charge in [0.25, 0.3) is 5.91 Å². The third kappa shape index (κ3) is 2.70. The van der Waals surface area contributed by atoms with Gasteiger partial charge in [-0.3, -0.25) is 10.1 Å². The second-order valence-electron chi connectivity index (χ2n) is 4.76. The molecule has 4 nitrogen and oxygen atoms in total. The van der Waals surface area contributed by atoms with Gasteiger partial charge in [0.1, 0.15) is 0 Å². The van der Waals surface area contributed by atoms with Gasteiger partial charge in [-0.15, -0.1) is 22.7 Å². The topological polar surface area (TPSA) is 68.0 Å². The van der Waals surface area contributed by atoms with E-state index in [1.54, 1.807) is 11.3 Å². The number of carbonyl (C=O) groups is 1. The van der Waals surface area contributed by atoms with Crippen molar-refractivity contribution in [1.82, 2.24) is 4.98 Å². The van der Waals surface area contributed by atoms with Gasteiger partial charge < -0.3 is 5.73 Å². The summed E-state index contributed by atoms with van der Waals surface area (Å²) in [5.41, 5.74) is 7.05. The summed E-state index contributed by atoms with van der Waals surface area (Å²) in [6.07, 6.45) is 2.77. The predicted octanol–water partition coefficient (Wildman–Crippen LogP) is 2.58. The van der Waals surface area contributed by atoms with Crippen molar-refractivity contribution in [3.05, 3.63) is 32.5 Å². The number of nitrogens with zero attached hydrogens (tertiary/aromatic N) is 1. The second-order valence-corrected chi connectivity index (χ2v) is 7.13. The summed E-state index contributed by atoms with van der Waals surface area (Å²) in [5, 5.41) is 3.57. The Morgan fingerprint density at radius 3 is 3.05 bits per heavy atom. The largest absolute Gasteiger partial charge is 0.327 e. The van der Waals surface area contributed by atoms with Crippen LogP contribution in [-0.2, 0) is 12.8 Å².